The lowest BCUT2D eigenvalue weighted by Gasteiger charge is -2.36. The van der Waals surface area contributed by atoms with Crippen LogP contribution < -0.4 is 0 Å². The third-order valence-corrected chi connectivity index (χ3v) is 10.6. The van der Waals surface area contributed by atoms with Gasteiger partial charge in [-0.3, -0.25) is 9.97 Å². The molecule has 0 amide bonds. The maximum atomic E-state index is 5.18. The van der Waals surface area contributed by atoms with Crippen molar-refractivity contribution in [3.63, 3.8) is 0 Å². The molecule has 8 rings (SSSR count). The van der Waals surface area contributed by atoms with Gasteiger partial charge in [-0.1, -0.05) is 101 Å². The second-order valence-corrected chi connectivity index (χ2v) is 14.3. The quantitative estimate of drug-likeness (QED) is 0.288. The molecule has 4 bridgehead atoms. The number of pyridine rings is 2. The third kappa shape index (κ3) is 8.56. The zero-order valence-corrected chi connectivity index (χ0v) is 26.9. The summed E-state index contributed by atoms with van der Waals surface area (Å²) in [4.78, 5) is 10.4. The van der Waals surface area contributed by atoms with E-state index in [0.717, 1.165) is 43.5 Å². The standard InChI is InChI=1S/C40H56N3/c1-3-7-11-15-23-39-37(25-33(27-41-39)19-13-9-5-1)31-43(29-35-21-17-18-22-36(35)30-43)32-38-26-34-20-14-10-6-2-4-8-12-16-24-40(38)42-28-34/h17-18,21-22,25-28H,1-16,19-20,23-24,29-32H2/q+1. The van der Waals surface area contributed by atoms with Gasteiger partial charge in [0.15, 0.2) is 0 Å². The first-order valence-electron chi connectivity index (χ1n) is 18.1. The lowest BCUT2D eigenvalue weighted by atomic mass is 9.97. The van der Waals surface area contributed by atoms with Gasteiger partial charge >= 0.3 is 0 Å². The van der Waals surface area contributed by atoms with Crippen molar-refractivity contribution < 1.29 is 4.48 Å². The molecular weight excluding hydrogens is 522 g/mol. The average molecular weight is 579 g/mol. The molecule has 3 heteroatoms. The summed E-state index contributed by atoms with van der Waals surface area (Å²) >= 11 is 0. The number of fused-ring (bicyclic) bond motifs is 23. The molecule has 2 aromatic heterocycles. The lowest BCUT2D eigenvalue weighted by Crippen LogP contribution is -2.42. The van der Waals surface area contributed by atoms with Crippen LogP contribution in [-0.2, 0) is 51.9 Å². The van der Waals surface area contributed by atoms with Crippen LogP contribution in [0.3, 0.4) is 0 Å². The second-order valence-electron chi connectivity index (χ2n) is 14.3. The van der Waals surface area contributed by atoms with Gasteiger partial charge in [0.05, 0.1) is 0 Å². The summed E-state index contributed by atoms with van der Waals surface area (Å²) in [7, 11) is 0. The number of aromatic nitrogens is 2. The molecule has 0 unspecified atom stereocenters. The van der Waals surface area contributed by atoms with Crippen LogP contribution in [0.15, 0.2) is 48.8 Å². The molecule has 43 heavy (non-hydrogen) atoms. The van der Waals surface area contributed by atoms with Gasteiger partial charge in [-0.2, -0.15) is 0 Å². The SMILES string of the molecule is c1ccc2c(c1)C[N+](Cc1cc3cnc1CCCCCCCCCC3)(Cc1cc3cnc1CCCCCCCCCC3)C2. The van der Waals surface area contributed by atoms with Gasteiger partial charge in [0.1, 0.15) is 26.2 Å². The summed E-state index contributed by atoms with van der Waals surface area (Å²) in [6.07, 6.45) is 30.8. The van der Waals surface area contributed by atoms with Crippen LogP contribution in [0.4, 0.5) is 0 Å². The summed E-state index contributed by atoms with van der Waals surface area (Å²) in [5.41, 5.74) is 11.8. The Labute approximate surface area is 262 Å². The Balaban J connectivity index is 1.32. The Morgan fingerprint density at radius 2 is 0.837 bits per heavy atom. The molecule has 2 aliphatic carbocycles. The van der Waals surface area contributed by atoms with E-state index in [0.29, 0.717) is 0 Å². The van der Waals surface area contributed by atoms with E-state index < -0.39 is 0 Å². The minimum Gasteiger partial charge on any atom is -0.308 e. The molecule has 5 aliphatic rings. The van der Waals surface area contributed by atoms with Gasteiger partial charge < -0.3 is 4.48 Å². The highest BCUT2D eigenvalue weighted by molar-refractivity contribution is 5.31. The predicted molar refractivity (Wildman–Crippen MR) is 179 cm³/mol. The normalized spacial score (nSPS) is 20.3. The molecule has 5 heterocycles. The predicted octanol–water partition coefficient (Wildman–Crippen LogP) is 10.1. The first-order valence-corrected chi connectivity index (χ1v) is 18.1. The Morgan fingerprint density at radius 3 is 1.26 bits per heavy atom. The minimum atomic E-state index is 1.08. The molecule has 3 aliphatic heterocycles. The Kier molecular flexibility index (Phi) is 11.0. The number of aryl methyl sites for hydroxylation is 4. The van der Waals surface area contributed by atoms with Crippen LogP contribution in [-0.4, -0.2) is 14.5 Å². The van der Waals surface area contributed by atoms with Gasteiger partial charge in [-0.05, 0) is 74.6 Å². The van der Waals surface area contributed by atoms with Crippen LogP contribution in [0, 0.1) is 0 Å². The fraction of sp³-hybridized carbons (Fsp3) is 0.600. The van der Waals surface area contributed by atoms with E-state index in [9.17, 15) is 0 Å². The third-order valence-electron chi connectivity index (χ3n) is 10.6. The number of hydrogen-bond donors (Lipinski definition) is 0. The molecule has 0 atom stereocenters. The van der Waals surface area contributed by atoms with Gasteiger partial charge in [0.2, 0.25) is 0 Å². The topological polar surface area (TPSA) is 25.8 Å². The summed E-state index contributed by atoms with van der Waals surface area (Å²) in [5, 5.41) is 0. The number of hydrogen-bond acceptors (Lipinski definition) is 2. The highest BCUT2D eigenvalue weighted by atomic mass is 15.4. The average Bonchev–Trinajstić information content (AvgIpc) is 3.38. The number of benzene rings is 1. The molecule has 0 spiro atoms. The van der Waals surface area contributed by atoms with E-state index in [1.807, 2.05) is 0 Å². The Morgan fingerprint density at radius 1 is 0.465 bits per heavy atom. The van der Waals surface area contributed by atoms with Gasteiger partial charge in [0.25, 0.3) is 0 Å². The zero-order chi connectivity index (χ0) is 29.2. The van der Waals surface area contributed by atoms with Crippen molar-refractivity contribution in [3.8, 4) is 0 Å². The van der Waals surface area contributed by atoms with Crippen molar-refractivity contribution in [2.45, 2.75) is 155 Å². The molecule has 1 aromatic carbocycles. The van der Waals surface area contributed by atoms with Crippen molar-refractivity contribution in [1.82, 2.24) is 9.97 Å². The number of nitrogens with zero attached hydrogens (tertiary/aromatic N) is 3. The van der Waals surface area contributed by atoms with Crippen molar-refractivity contribution in [2.24, 2.45) is 0 Å². The molecule has 3 nitrogen and oxygen atoms in total. The van der Waals surface area contributed by atoms with Gasteiger partial charge in [0, 0.05) is 46.0 Å². The number of rotatable bonds is 4. The summed E-state index contributed by atoms with van der Waals surface area (Å²) in [5.74, 6) is 0. The second kappa shape index (κ2) is 15.5. The largest absolute Gasteiger partial charge is 0.308 e. The number of quaternary nitrogens is 1. The summed E-state index contributed by atoms with van der Waals surface area (Å²) in [6, 6.07) is 14.4. The molecule has 0 radical (unpaired) electrons. The molecular formula is C40H56N3+. The molecule has 0 N–H and O–H groups in total. The van der Waals surface area contributed by atoms with Crippen LogP contribution >= 0.6 is 0 Å². The lowest BCUT2D eigenvalue weighted by molar-refractivity contribution is -0.972. The van der Waals surface area contributed by atoms with Crippen molar-refractivity contribution in [1.29, 1.82) is 0 Å². The highest BCUT2D eigenvalue weighted by Crippen LogP contribution is 2.36. The van der Waals surface area contributed by atoms with E-state index >= 15 is 0 Å². The molecule has 0 fully saturated rings. The van der Waals surface area contributed by atoms with Gasteiger partial charge in [-0.15, -0.1) is 0 Å². The highest BCUT2D eigenvalue weighted by Gasteiger charge is 2.37. The fourth-order valence-corrected chi connectivity index (χ4v) is 8.18. The molecule has 230 valence electrons. The van der Waals surface area contributed by atoms with Crippen LogP contribution in [0.2, 0.25) is 0 Å². The monoisotopic (exact) mass is 578 g/mol. The Hall–Kier alpha value is -2.52. The smallest absolute Gasteiger partial charge is 0.107 e. The summed E-state index contributed by atoms with van der Waals surface area (Å²) in [6.45, 7) is 4.38. The first-order chi connectivity index (χ1) is 21.3. The van der Waals surface area contributed by atoms with Crippen LogP contribution in [0.25, 0.3) is 0 Å². The molecule has 0 saturated heterocycles. The van der Waals surface area contributed by atoms with Crippen LogP contribution in [0.1, 0.15) is 148 Å². The Bertz CT molecular complexity index is 1210. The first kappa shape index (κ1) is 30.5. The van der Waals surface area contributed by atoms with E-state index in [-0.39, 0.29) is 0 Å². The minimum absolute atomic E-state index is 1.08. The van der Waals surface area contributed by atoms with E-state index in [1.165, 1.54) is 149 Å². The van der Waals surface area contributed by atoms with E-state index in [2.05, 4.69) is 48.8 Å². The molecule has 3 aromatic rings. The summed E-state index contributed by atoms with van der Waals surface area (Å²) < 4.78 is 1.08. The maximum Gasteiger partial charge on any atom is 0.107 e. The maximum absolute atomic E-state index is 5.18. The molecule has 0 saturated carbocycles. The van der Waals surface area contributed by atoms with E-state index in [1.54, 1.807) is 11.1 Å². The van der Waals surface area contributed by atoms with Gasteiger partial charge in [-0.25, -0.2) is 0 Å². The zero-order valence-electron chi connectivity index (χ0n) is 26.9. The van der Waals surface area contributed by atoms with Crippen molar-refractivity contribution >= 4 is 0 Å². The van der Waals surface area contributed by atoms with Crippen LogP contribution in [0.5, 0.6) is 0 Å². The van der Waals surface area contributed by atoms with E-state index in [4.69, 9.17) is 9.97 Å². The fourth-order valence-electron chi connectivity index (χ4n) is 8.18. The van der Waals surface area contributed by atoms with Crippen molar-refractivity contribution in [3.05, 3.63) is 93.6 Å². The van der Waals surface area contributed by atoms with Crippen molar-refractivity contribution in [2.75, 3.05) is 0 Å².